The van der Waals surface area contributed by atoms with E-state index in [0.29, 0.717) is 11.7 Å². The molecule has 0 spiro atoms. The SMILES string of the molecule is CN1CCN(C(CNc2ccc3nnnn3n2)c2cccs2)CC1. The Balaban J connectivity index is 1.49. The molecule has 3 aromatic rings. The second kappa shape index (κ2) is 6.80. The van der Waals surface area contributed by atoms with E-state index in [9.17, 15) is 0 Å². The van der Waals surface area contributed by atoms with Gasteiger partial charge in [0.15, 0.2) is 5.65 Å². The summed E-state index contributed by atoms with van der Waals surface area (Å²) in [5.41, 5.74) is 0.648. The van der Waals surface area contributed by atoms with Gasteiger partial charge in [0.1, 0.15) is 5.82 Å². The first-order valence-corrected chi connectivity index (χ1v) is 8.93. The predicted octanol–water partition coefficient (Wildman–Crippen LogP) is 0.981. The first-order chi connectivity index (χ1) is 11.8. The number of fused-ring (bicyclic) bond motifs is 1. The summed E-state index contributed by atoms with van der Waals surface area (Å²) in [5, 5.41) is 21.3. The van der Waals surface area contributed by atoms with Crippen molar-refractivity contribution in [1.82, 2.24) is 35.1 Å². The number of anilines is 1. The lowest BCUT2D eigenvalue weighted by molar-refractivity contribution is 0.118. The number of rotatable bonds is 5. The third kappa shape index (κ3) is 3.23. The van der Waals surface area contributed by atoms with E-state index in [1.54, 1.807) is 0 Å². The summed E-state index contributed by atoms with van der Waals surface area (Å²) < 4.78 is 1.44. The number of hydrogen-bond acceptors (Lipinski definition) is 8. The Bertz CT molecular complexity index is 778. The van der Waals surface area contributed by atoms with Crippen LogP contribution in [0.25, 0.3) is 5.65 Å². The highest BCUT2D eigenvalue weighted by Crippen LogP contribution is 2.26. The molecule has 1 saturated heterocycles. The van der Waals surface area contributed by atoms with Gasteiger partial charge < -0.3 is 10.2 Å². The molecule has 0 radical (unpaired) electrons. The molecule has 3 aromatic heterocycles. The van der Waals surface area contributed by atoms with Crippen LogP contribution in [0.2, 0.25) is 0 Å². The summed E-state index contributed by atoms with van der Waals surface area (Å²) >= 11 is 1.81. The molecule has 1 aliphatic heterocycles. The molecule has 8 nitrogen and oxygen atoms in total. The molecule has 0 bridgehead atoms. The van der Waals surface area contributed by atoms with Crippen molar-refractivity contribution < 1.29 is 0 Å². The van der Waals surface area contributed by atoms with Crippen molar-refractivity contribution >= 4 is 22.8 Å². The third-order valence-corrected chi connectivity index (χ3v) is 5.37. The minimum absolute atomic E-state index is 0.352. The lowest BCUT2D eigenvalue weighted by Crippen LogP contribution is -2.47. The maximum Gasteiger partial charge on any atom is 0.200 e. The van der Waals surface area contributed by atoms with Gasteiger partial charge in [0.05, 0.1) is 6.04 Å². The van der Waals surface area contributed by atoms with E-state index in [1.165, 1.54) is 9.51 Å². The molecule has 0 saturated carbocycles. The fraction of sp³-hybridized carbons (Fsp3) is 0.467. The lowest BCUT2D eigenvalue weighted by Gasteiger charge is -2.37. The molecular weight excluding hydrogens is 324 g/mol. The Hall–Kier alpha value is -2.10. The van der Waals surface area contributed by atoms with Crippen molar-refractivity contribution in [2.75, 3.05) is 45.1 Å². The Morgan fingerprint density at radius 1 is 1.21 bits per heavy atom. The molecule has 0 amide bonds. The summed E-state index contributed by atoms with van der Waals surface area (Å²) in [5.74, 6) is 0.783. The minimum Gasteiger partial charge on any atom is -0.367 e. The zero-order valence-electron chi connectivity index (χ0n) is 13.5. The molecular formula is C15H20N8S. The van der Waals surface area contributed by atoms with E-state index in [-0.39, 0.29) is 0 Å². The smallest absolute Gasteiger partial charge is 0.200 e. The van der Waals surface area contributed by atoms with Crippen LogP contribution in [0.4, 0.5) is 5.82 Å². The number of tetrazole rings is 1. The average Bonchev–Trinajstić information content (AvgIpc) is 3.27. The third-order valence-electron chi connectivity index (χ3n) is 4.40. The van der Waals surface area contributed by atoms with Crippen LogP contribution >= 0.6 is 11.3 Å². The van der Waals surface area contributed by atoms with Crippen molar-refractivity contribution in [3.05, 3.63) is 34.5 Å². The first-order valence-electron chi connectivity index (χ1n) is 8.05. The Kier molecular flexibility index (Phi) is 4.37. The summed E-state index contributed by atoms with van der Waals surface area (Å²) in [6.07, 6.45) is 0. The average molecular weight is 344 g/mol. The maximum absolute atomic E-state index is 4.39. The van der Waals surface area contributed by atoms with E-state index < -0.39 is 0 Å². The second-order valence-electron chi connectivity index (χ2n) is 6.00. The molecule has 4 rings (SSSR count). The summed E-state index contributed by atoms with van der Waals surface area (Å²) in [7, 11) is 2.18. The van der Waals surface area contributed by atoms with Gasteiger partial charge in [-0.2, -0.15) is 0 Å². The van der Waals surface area contributed by atoms with Crippen molar-refractivity contribution in [3.8, 4) is 0 Å². The van der Waals surface area contributed by atoms with Crippen LogP contribution in [-0.2, 0) is 0 Å². The highest BCUT2D eigenvalue weighted by Gasteiger charge is 2.24. The van der Waals surface area contributed by atoms with Crippen LogP contribution in [0, 0.1) is 0 Å². The van der Waals surface area contributed by atoms with Crippen LogP contribution in [0.5, 0.6) is 0 Å². The van der Waals surface area contributed by atoms with Gasteiger partial charge in [0.2, 0.25) is 0 Å². The van der Waals surface area contributed by atoms with Gasteiger partial charge in [-0.3, -0.25) is 4.90 Å². The van der Waals surface area contributed by atoms with E-state index in [1.807, 2.05) is 23.5 Å². The van der Waals surface area contributed by atoms with Crippen molar-refractivity contribution in [3.63, 3.8) is 0 Å². The van der Waals surface area contributed by atoms with Crippen molar-refractivity contribution in [2.24, 2.45) is 0 Å². The van der Waals surface area contributed by atoms with Crippen molar-refractivity contribution in [2.45, 2.75) is 6.04 Å². The topological polar surface area (TPSA) is 74.5 Å². The molecule has 24 heavy (non-hydrogen) atoms. The van der Waals surface area contributed by atoms with E-state index >= 15 is 0 Å². The van der Waals surface area contributed by atoms with E-state index in [4.69, 9.17) is 0 Å². The van der Waals surface area contributed by atoms with Crippen LogP contribution < -0.4 is 5.32 Å². The number of likely N-dealkylation sites (N-methyl/N-ethyl adjacent to an activating group) is 1. The summed E-state index contributed by atoms with van der Waals surface area (Å²) in [6.45, 7) is 5.19. The molecule has 1 aliphatic rings. The fourth-order valence-electron chi connectivity index (χ4n) is 2.97. The van der Waals surface area contributed by atoms with Crippen LogP contribution in [-0.4, -0.2) is 74.8 Å². The Labute approximate surface area is 144 Å². The zero-order valence-corrected chi connectivity index (χ0v) is 14.4. The summed E-state index contributed by atoms with van der Waals surface area (Å²) in [6, 6.07) is 8.47. The number of piperazine rings is 1. The second-order valence-corrected chi connectivity index (χ2v) is 6.98. The van der Waals surface area contributed by atoms with Gasteiger partial charge in [0, 0.05) is 37.6 Å². The first kappa shape index (κ1) is 15.4. The van der Waals surface area contributed by atoms with Crippen LogP contribution in [0.15, 0.2) is 29.6 Å². The number of nitrogens with zero attached hydrogens (tertiary/aromatic N) is 7. The normalized spacial score (nSPS) is 18.0. The molecule has 1 fully saturated rings. The molecule has 1 atom stereocenters. The molecule has 1 N–H and O–H groups in total. The molecule has 0 aromatic carbocycles. The van der Waals surface area contributed by atoms with E-state index in [0.717, 1.165) is 38.5 Å². The fourth-order valence-corrected chi connectivity index (χ4v) is 3.83. The van der Waals surface area contributed by atoms with Gasteiger partial charge in [-0.1, -0.05) is 6.07 Å². The van der Waals surface area contributed by atoms with Gasteiger partial charge >= 0.3 is 0 Å². The van der Waals surface area contributed by atoms with E-state index in [2.05, 4.69) is 60.3 Å². The lowest BCUT2D eigenvalue weighted by atomic mass is 10.1. The van der Waals surface area contributed by atoms with Gasteiger partial charge in [-0.15, -0.1) is 26.2 Å². The highest BCUT2D eigenvalue weighted by molar-refractivity contribution is 7.10. The highest BCUT2D eigenvalue weighted by atomic mass is 32.1. The number of aromatic nitrogens is 5. The predicted molar refractivity (Wildman–Crippen MR) is 93.2 cm³/mol. The number of thiophene rings is 1. The number of hydrogen-bond donors (Lipinski definition) is 1. The molecule has 1 unspecified atom stereocenters. The summed E-state index contributed by atoms with van der Waals surface area (Å²) in [4.78, 5) is 6.31. The molecule has 9 heteroatoms. The largest absolute Gasteiger partial charge is 0.367 e. The van der Waals surface area contributed by atoms with Gasteiger partial charge in [-0.05, 0) is 41.1 Å². The van der Waals surface area contributed by atoms with Crippen LogP contribution in [0.3, 0.4) is 0 Å². The van der Waals surface area contributed by atoms with Gasteiger partial charge in [-0.25, -0.2) is 0 Å². The quantitative estimate of drug-likeness (QED) is 0.739. The zero-order chi connectivity index (χ0) is 16.4. The molecule has 4 heterocycles. The van der Waals surface area contributed by atoms with Crippen molar-refractivity contribution in [1.29, 1.82) is 0 Å². The molecule has 0 aliphatic carbocycles. The molecule has 126 valence electrons. The Morgan fingerprint density at radius 3 is 2.88 bits per heavy atom. The van der Waals surface area contributed by atoms with Crippen LogP contribution in [0.1, 0.15) is 10.9 Å². The standard InChI is InChI=1S/C15H20N8S/c1-21-6-8-22(9-7-21)12(13-3-2-10-24-13)11-16-14-4-5-15-17-19-20-23(15)18-14/h2-5,10,12H,6-9,11H2,1H3,(H,16,18). The maximum atomic E-state index is 4.39. The number of nitrogens with one attached hydrogen (secondary N) is 1. The monoisotopic (exact) mass is 344 g/mol. The van der Waals surface area contributed by atoms with Gasteiger partial charge in [0.25, 0.3) is 0 Å². The minimum atomic E-state index is 0.352. The Morgan fingerprint density at radius 2 is 2.08 bits per heavy atom.